The van der Waals surface area contributed by atoms with Gasteiger partial charge in [0.2, 0.25) is 11.9 Å². The summed E-state index contributed by atoms with van der Waals surface area (Å²) in [5.41, 5.74) is 3.28. The number of pyridine rings is 1. The van der Waals surface area contributed by atoms with E-state index in [0.717, 1.165) is 11.1 Å². The Hall–Kier alpha value is -3.91. The van der Waals surface area contributed by atoms with Crippen molar-refractivity contribution in [3.05, 3.63) is 82.6 Å². The molecule has 8 nitrogen and oxygen atoms in total. The highest BCUT2D eigenvalue weighted by atomic mass is 35.5. The number of nitrogens with one attached hydrogen (secondary N) is 3. The molecule has 0 aliphatic rings. The van der Waals surface area contributed by atoms with Gasteiger partial charge in [-0.05, 0) is 54.4 Å². The molecule has 0 radical (unpaired) electrons. The smallest absolute Gasteiger partial charge is 0.258 e. The van der Waals surface area contributed by atoms with E-state index >= 15 is 0 Å². The van der Waals surface area contributed by atoms with Crippen LogP contribution in [0.1, 0.15) is 28.4 Å². The third-order valence-corrected chi connectivity index (χ3v) is 4.89. The number of halogens is 1. The van der Waals surface area contributed by atoms with Gasteiger partial charge in [0, 0.05) is 36.3 Å². The number of amides is 2. The number of methoxy groups -OCH3 is 1. The van der Waals surface area contributed by atoms with Gasteiger partial charge in [0.05, 0.1) is 18.7 Å². The molecular weight excluding hydrogens is 442 g/mol. The Balaban J connectivity index is 1.85. The molecule has 0 atom stereocenters. The lowest BCUT2D eigenvalue weighted by molar-refractivity contribution is -0.114. The molecule has 0 saturated carbocycles. The molecule has 33 heavy (non-hydrogen) atoms. The first-order valence-corrected chi connectivity index (χ1v) is 10.5. The van der Waals surface area contributed by atoms with Crippen LogP contribution in [0.15, 0.2) is 65.9 Å². The van der Waals surface area contributed by atoms with Crippen LogP contribution >= 0.6 is 11.6 Å². The number of hydrogen-bond acceptors (Lipinski definition) is 5. The van der Waals surface area contributed by atoms with Gasteiger partial charge >= 0.3 is 0 Å². The molecule has 0 aliphatic carbocycles. The first-order chi connectivity index (χ1) is 15.9. The van der Waals surface area contributed by atoms with Gasteiger partial charge in [0.15, 0.2) is 0 Å². The summed E-state index contributed by atoms with van der Waals surface area (Å²) in [5, 5.41) is 9.02. The third kappa shape index (κ3) is 6.78. The van der Waals surface area contributed by atoms with Crippen molar-refractivity contribution in [1.29, 1.82) is 0 Å². The van der Waals surface area contributed by atoms with Gasteiger partial charge in [-0.15, -0.1) is 0 Å². The highest BCUT2D eigenvalue weighted by Gasteiger charge is 2.13. The van der Waals surface area contributed by atoms with E-state index in [1.165, 1.54) is 14.0 Å². The Morgan fingerprint density at radius 1 is 1.12 bits per heavy atom. The monoisotopic (exact) mass is 465 g/mol. The van der Waals surface area contributed by atoms with Gasteiger partial charge in [-0.3, -0.25) is 19.9 Å². The number of anilines is 2. The fraction of sp³-hybridized carbons (Fsp3) is 0.167. The minimum Gasteiger partial charge on any atom is -0.495 e. The normalized spacial score (nSPS) is 11.0. The lowest BCUT2D eigenvalue weighted by Crippen LogP contribution is -2.36. The minimum atomic E-state index is -0.390. The summed E-state index contributed by atoms with van der Waals surface area (Å²) in [4.78, 5) is 33.0. The molecular formula is C24H24ClN5O3. The summed E-state index contributed by atoms with van der Waals surface area (Å²) in [5.74, 6) is 0.156. The molecule has 0 saturated heterocycles. The van der Waals surface area contributed by atoms with Crippen LogP contribution in [0.4, 0.5) is 11.4 Å². The van der Waals surface area contributed by atoms with Gasteiger partial charge in [-0.25, -0.2) is 4.99 Å². The summed E-state index contributed by atoms with van der Waals surface area (Å²) in [6, 6.07) is 13.9. The number of rotatable bonds is 6. The van der Waals surface area contributed by atoms with Crippen LogP contribution in [-0.2, 0) is 11.3 Å². The quantitative estimate of drug-likeness (QED) is 0.369. The zero-order chi connectivity index (χ0) is 23.8. The molecule has 0 bridgehead atoms. The zero-order valence-corrected chi connectivity index (χ0v) is 19.2. The maximum atomic E-state index is 13.0. The molecule has 3 aromatic rings. The van der Waals surface area contributed by atoms with Crippen molar-refractivity contribution in [1.82, 2.24) is 10.3 Å². The SMILES string of the molecule is COc1ccc(NC(=NCc2cccnc2)NC(=O)c2ccc(C)c(NC(C)=O)c2)cc1Cl. The first-order valence-electron chi connectivity index (χ1n) is 10.1. The Labute approximate surface area is 197 Å². The van der Waals surface area contributed by atoms with E-state index in [1.54, 1.807) is 48.8 Å². The topological polar surface area (TPSA) is 105 Å². The molecule has 1 aromatic heterocycles. The number of ether oxygens (including phenoxy) is 1. The zero-order valence-electron chi connectivity index (χ0n) is 18.5. The second-order valence-electron chi connectivity index (χ2n) is 7.17. The predicted octanol–water partition coefficient (Wildman–Crippen LogP) is 4.41. The average molecular weight is 466 g/mol. The van der Waals surface area contributed by atoms with Crippen molar-refractivity contribution in [3.63, 3.8) is 0 Å². The fourth-order valence-corrected chi connectivity index (χ4v) is 3.18. The first kappa shape index (κ1) is 23.7. The van der Waals surface area contributed by atoms with E-state index in [1.807, 2.05) is 19.1 Å². The van der Waals surface area contributed by atoms with Crippen molar-refractivity contribution >= 4 is 40.7 Å². The minimum absolute atomic E-state index is 0.215. The van der Waals surface area contributed by atoms with Crippen LogP contribution in [-0.4, -0.2) is 29.9 Å². The van der Waals surface area contributed by atoms with E-state index in [-0.39, 0.29) is 11.9 Å². The van der Waals surface area contributed by atoms with Gasteiger partial charge in [-0.1, -0.05) is 23.7 Å². The van der Waals surface area contributed by atoms with E-state index in [9.17, 15) is 9.59 Å². The second kappa shape index (κ2) is 11.1. The van der Waals surface area contributed by atoms with Gasteiger partial charge in [0.1, 0.15) is 5.75 Å². The molecule has 2 amide bonds. The number of hydrogen-bond donors (Lipinski definition) is 3. The molecule has 0 aliphatic heterocycles. The van der Waals surface area contributed by atoms with Crippen molar-refractivity contribution in [2.24, 2.45) is 4.99 Å². The average Bonchev–Trinajstić information content (AvgIpc) is 2.79. The van der Waals surface area contributed by atoms with Gasteiger partial charge in [0.25, 0.3) is 5.91 Å². The van der Waals surface area contributed by atoms with Crippen LogP contribution < -0.4 is 20.7 Å². The lowest BCUT2D eigenvalue weighted by atomic mass is 10.1. The number of benzene rings is 2. The molecule has 0 spiro atoms. The Morgan fingerprint density at radius 2 is 1.94 bits per heavy atom. The van der Waals surface area contributed by atoms with Gasteiger partial charge < -0.3 is 15.4 Å². The molecule has 3 rings (SSSR count). The van der Waals surface area contributed by atoms with Crippen LogP contribution in [0.2, 0.25) is 5.02 Å². The van der Waals surface area contributed by atoms with Crippen LogP contribution in [0, 0.1) is 6.92 Å². The van der Waals surface area contributed by atoms with Crippen LogP contribution in [0.25, 0.3) is 0 Å². The fourth-order valence-electron chi connectivity index (χ4n) is 2.92. The number of carbonyl (C=O) groups is 2. The van der Waals surface area contributed by atoms with Crippen LogP contribution in [0.5, 0.6) is 5.75 Å². The summed E-state index contributed by atoms with van der Waals surface area (Å²) >= 11 is 6.23. The van der Waals surface area contributed by atoms with E-state index in [4.69, 9.17) is 16.3 Å². The Morgan fingerprint density at radius 3 is 2.61 bits per heavy atom. The molecule has 0 fully saturated rings. The number of aryl methyl sites for hydroxylation is 1. The molecule has 0 unspecified atom stereocenters. The number of aromatic nitrogens is 1. The van der Waals surface area contributed by atoms with E-state index in [0.29, 0.717) is 34.3 Å². The van der Waals surface area contributed by atoms with E-state index < -0.39 is 5.91 Å². The van der Waals surface area contributed by atoms with Crippen molar-refractivity contribution < 1.29 is 14.3 Å². The van der Waals surface area contributed by atoms with Crippen molar-refractivity contribution in [3.8, 4) is 5.75 Å². The molecule has 170 valence electrons. The van der Waals surface area contributed by atoms with E-state index in [2.05, 4.69) is 25.9 Å². The number of carbonyl (C=O) groups excluding carboxylic acids is 2. The van der Waals surface area contributed by atoms with Crippen molar-refractivity contribution in [2.75, 3.05) is 17.7 Å². The summed E-state index contributed by atoms with van der Waals surface area (Å²) in [6.45, 7) is 3.56. The molecule has 3 N–H and O–H groups in total. The number of nitrogens with zero attached hydrogens (tertiary/aromatic N) is 2. The largest absolute Gasteiger partial charge is 0.495 e. The second-order valence-corrected chi connectivity index (χ2v) is 7.57. The Bertz CT molecular complexity index is 1180. The van der Waals surface area contributed by atoms with Crippen molar-refractivity contribution in [2.45, 2.75) is 20.4 Å². The number of aliphatic imine (C=N–C) groups is 1. The Kier molecular flexibility index (Phi) is 7.99. The van der Waals surface area contributed by atoms with Gasteiger partial charge in [-0.2, -0.15) is 0 Å². The molecule has 1 heterocycles. The number of guanidine groups is 1. The maximum Gasteiger partial charge on any atom is 0.258 e. The summed E-state index contributed by atoms with van der Waals surface area (Å²) in [7, 11) is 1.53. The molecule has 2 aromatic carbocycles. The maximum absolute atomic E-state index is 13.0. The molecule has 9 heteroatoms. The predicted molar refractivity (Wildman–Crippen MR) is 130 cm³/mol. The highest BCUT2D eigenvalue weighted by Crippen LogP contribution is 2.27. The summed E-state index contributed by atoms with van der Waals surface area (Å²) < 4.78 is 5.18. The summed E-state index contributed by atoms with van der Waals surface area (Å²) in [6.07, 6.45) is 3.38. The standard InChI is InChI=1S/C24H24ClN5O3/c1-15-6-7-18(11-21(15)28-16(2)31)23(32)30-24(27-14-17-5-4-10-26-13-17)29-19-8-9-22(33-3)20(25)12-19/h4-13H,14H2,1-3H3,(H,28,31)(H2,27,29,30,32). The lowest BCUT2D eigenvalue weighted by Gasteiger charge is -2.14. The highest BCUT2D eigenvalue weighted by molar-refractivity contribution is 6.32. The van der Waals surface area contributed by atoms with Crippen LogP contribution in [0.3, 0.4) is 0 Å². The third-order valence-electron chi connectivity index (χ3n) is 4.60.